The van der Waals surface area contributed by atoms with E-state index >= 15 is 0 Å². The van der Waals surface area contributed by atoms with Crippen molar-refractivity contribution in [2.24, 2.45) is 23.5 Å². The van der Waals surface area contributed by atoms with Crippen molar-refractivity contribution in [2.45, 2.75) is 35.3 Å². The van der Waals surface area contributed by atoms with Crippen LogP contribution in [0.2, 0.25) is 5.02 Å². The van der Waals surface area contributed by atoms with Gasteiger partial charge in [0.2, 0.25) is 0 Å². The van der Waals surface area contributed by atoms with Gasteiger partial charge in [0.25, 0.3) is 0 Å². The van der Waals surface area contributed by atoms with Crippen molar-refractivity contribution in [1.82, 2.24) is 4.98 Å². The highest BCUT2D eigenvalue weighted by molar-refractivity contribution is 7.92. The standard InChI is InChI=1S/C26H23ClF3N3O5S/c1-12-16-10-21(22(12)26(16,38-25(31)35)14-3-2-6-32-11-14)39(36,37)20-7-13(4-5-17(20)27)24(34)33-15-8-18(28)23(30)19(29)9-15/h2-9,11-12,16,21-22,24,33-34H,10H2,1H3,(H2,31,35)/t12-,16?,21?,22?,24?,26+/m0/s1. The van der Waals surface area contributed by atoms with Gasteiger partial charge in [0.1, 0.15) is 5.60 Å². The Morgan fingerprint density at radius 2 is 1.92 bits per heavy atom. The minimum Gasteiger partial charge on any atom is -0.437 e. The molecule has 6 atom stereocenters. The number of carbonyl (C=O) groups excluding carboxylic acids is 1. The molecule has 3 aliphatic carbocycles. The molecule has 1 aromatic heterocycles. The van der Waals surface area contributed by atoms with Crippen molar-refractivity contribution >= 4 is 33.2 Å². The second kappa shape index (κ2) is 9.68. The van der Waals surface area contributed by atoms with Crippen LogP contribution in [0.1, 0.15) is 30.7 Å². The molecule has 3 aromatic rings. The van der Waals surface area contributed by atoms with Crippen molar-refractivity contribution in [1.29, 1.82) is 0 Å². The number of primary amides is 1. The van der Waals surface area contributed by atoms with Crippen LogP contribution < -0.4 is 11.1 Å². The first-order valence-corrected chi connectivity index (χ1v) is 13.8. The fourth-order valence-electron chi connectivity index (χ4n) is 6.20. The maximum atomic E-state index is 14.0. The van der Waals surface area contributed by atoms with E-state index in [9.17, 15) is 31.5 Å². The normalized spacial score (nSPS) is 26.5. The van der Waals surface area contributed by atoms with E-state index < -0.39 is 56.4 Å². The van der Waals surface area contributed by atoms with Crippen molar-refractivity contribution in [3.63, 3.8) is 0 Å². The van der Waals surface area contributed by atoms with Gasteiger partial charge in [-0.05, 0) is 30.5 Å². The van der Waals surface area contributed by atoms with Crippen molar-refractivity contribution in [3.05, 3.63) is 88.5 Å². The number of sulfone groups is 1. The van der Waals surface area contributed by atoms with Gasteiger partial charge in [-0.25, -0.2) is 26.4 Å². The van der Waals surface area contributed by atoms with E-state index in [4.69, 9.17) is 22.1 Å². The SMILES string of the molecule is C[C@H]1C2CC(S(=O)(=O)c3cc(C(O)Nc4cc(F)c(F)c(F)c4)ccc3Cl)C1[C@@]2(OC(N)=O)c1cccnc1. The molecule has 0 saturated heterocycles. The molecule has 4 unspecified atom stereocenters. The number of hydrogen-bond acceptors (Lipinski definition) is 7. The molecule has 0 aliphatic heterocycles. The lowest BCUT2D eigenvalue weighted by atomic mass is 9.57. The van der Waals surface area contributed by atoms with E-state index in [0.29, 0.717) is 17.7 Å². The molecular formula is C26H23ClF3N3O5S. The van der Waals surface area contributed by atoms with E-state index in [2.05, 4.69) is 10.3 Å². The first-order valence-electron chi connectivity index (χ1n) is 11.9. The molecule has 8 nitrogen and oxygen atoms in total. The summed E-state index contributed by atoms with van der Waals surface area (Å²) < 4.78 is 74.1. The number of fused-ring (bicyclic) bond motifs is 1. The van der Waals surface area contributed by atoms with E-state index in [-0.39, 0.29) is 39.4 Å². The summed E-state index contributed by atoms with van der Waals surface area (Å²) in [5, 5.41) is 11.9. The van der Waals surface area contributed by atoms with Crippen LogP contribution in [0, 0.1) is 35.2 Å². The maximum Gasteiger partial charge on any atom is 0.405 e. The number of aromatic nitrogens is 1. The topological polar surface area (TPSA) is 132 Å². The zero-order valence-electron chi connectivity index (χ0n) is 20.3. The van der Waals surface area contributed by atoms with Gasteiger partial charge in [-0.15, -0.1) is 0 Å². The van der Waals surface area contributed by atoms with Gasteiger partial charge in [0.15, 0.2) is 33.5 Å². The van der Waals surface area contributed by atoms with Crippen molar-refractivity contribution in [3.8, 4) is 0 Å². The lowest BCUT2D eigenvalue weighted by Crippen LogP contribution is -2.58. The number of ether oxygens (including phenoxy) is 1. The minimum absolute atomic E-state index is 0.0217. The molecular weight excluding hydrogens is 559 g/mol. The summed E-state index contributed by atoms with van der Waals surface area (Å²) in [6.07, 6.45) is 0.553. The second-order valence-corrected chi connectivity index (χ2v) is 12.3. The van der Waals surface area contributed by atoms with E-state index in [0.717, 1.165) is 6.07 Å². The number of benzene rings is 2. The average molecular weight is 582 g/mol. The van der Waals surface area contributed by atoms with Gasteiger partial charge in [-0.2, -0.15) is 0 Å². The van der Waals surface area contributed by atoms with Gasteiger partial charge in [-0.1, -0.05) is 30.7 Å². The number of anilines is 1. The monoisotopic (exact) mass is 581 g/mol. The molecule has 1 heterocycles. The summed E-state index contributed by atoms with van der Waals surface area (Å²) >= 11 is 6.32. The maximum absolute atomic E-state index is 14.0. The average Bonchev–Trinajstić information content (AvgIpc) is 3.44. The number of aliphatic hydroxyl groups is 1. The van der Waals surface area contributed by atoms with Crippen LogP contribution in [0.5, 0.6) is 0 Å². The molecule has 206 valence electrons. The molecule has 3 fully saturated rings. The van der Waals surface area contributed by atoms with Crippen LogP contribution in [-0.2, 0) is 20.2 Å². The number of rotatable bonds is 7. The van der Waals surface area contributed by atoms with Gasteiger partial charge < -0.3 is 20.9 Å². The van der Waals surface area contributed by atoms with Gasteiger partial charge >= 0.3 is 6.09 Å². The zero-order valence-corrected chi connectivity index (χ0v) is 21.9. The fourth-order valence-corrected chi connectivity index (χ4v) is 8.91. The number of hydrogen-bond donors (Lipinski definition) is 3. The molecule has 1 amide bonds. The van der Waals surface area contributed by atoms with Crippen LogP contribution >= 0.6 is 11.6 Å². The predicted molar refractivity (Wildman–Crippen MR) is 135 cm³/mol. The summed E-state index contributed by atoms with van der Waals surface area (Å²) in [4.78, 5) is 15.7. The number of amides is 1. The fraction of sp³-hybridized carbons (Fsp3) is 0.308. The Morgan fingerprint density at radius 1 is 1.23 bits per heavy atom. The van der Waals surface area contributed by atoms with E-state index in [1.807, 2.05) is 6.92 Å². The third-order valence-corrected chi connectivity index (χ3v) is 10.5. The highest BCUT2D eigenvalue weighted by atomic mass is 35.5. The Bertz CT molecular complexity index is 1540. The molecule has 39 heavy (non-hydrogen) atoms. The lowest BCUT2D eigenvalue weighted by Gasteiger charge is -2.53. The Morgan fingerprint density at radius 3 is 2.54 bits per heavy atom. The smallest absolute Gasteiger partial charge is 0.405 e. The number of nitrogens with zero attached hydrogens (tertiary/aromatic N) is 1. The predicted octanol–water partition coefficient (Wildman–Crippen LogP) is 4.67. The highest BCUT2D eigenvalue weighted by Crippen LogP contribution is 2.69. The number of nitrogens with two attached hydrogens (primary N) is 1. The van der Waals surface area contributed by atoms with Gasteiger partial charge in [0, 0.05) is 53.2 Å². The van der Waals surface area contributed by atoms with E-state index in [1.54, 1.807) is 18.3 Å². The summed E-state index contributed by atoms with van der Waals surface area (Å²) in [5.41, 5.74) is 4.41. The molecule has 6 rings (SSSR count). The zero-order chi connectivity index (χ0) is 28.3. The molecule has 2 aromatic carbocycles. The molecule has 13 heteroatoms. The van der Waals surface area contributed by atoms with E-state index in [1.165, 1.54) is 18.3 Å². The molecule has 2 bridgehead atoms. The molecule has 0 spiro atoms. The molecule has 3 saturated carbocycles. The number of nitrogens with one attached hydrogen (secondary N) is 1. The van der Waals surface area contributed by atoms with Crippen LogP contribution in [0.3, 0.4) is 0 Å². The summed E-state index contributed by atoms with van der Waals surface area (Å²) in [7, 11) is -4.17. The quantitative estimate of drug-likeness (QED) is 0.273. The first-order chi connectivity index (χ1) is 18.4. The summed E-state index contributed by atoms with van der Waals surface area (Å²) in [6.45, 7) is 1.87. The van der Waals surface area contributed by atoms with Crippen LogP contribution in [-0.4, -0.2) is 29.9 Å². The Kier molecular flexibility index (Phi) is 6.76. The number of halogens is 4. The number of pyridine rings is 1. The van der Waals surface area contributed by atoms with Crippen molar-refractivity contribution < 1.29 is 36.2 Å². The summed E-state index contributed by atoms with van der Waals surface area (Å²) in [5.74, 6) is -5.74. The third kappa shape index (κ3) is 4.30. The number of carbonyl (C=O) groups is 1. The third-order valence-electron chi connectivity index (χ3n) is 7.78. The largest absolute Gasteiger partial charge is 0.437 e. The highest BCUT2D eigenvalue weighted by Gasteiger charge is 2.74. The second-order valence-electron chi connectivity index (χ2n) is 9.76. The Balaban J connectivity index is 1.49. The Labute approximate surface area is 226 Å². The van der Waals surface area contributed by atoms with Gasteiger partial charge in [-0.3, -0.25) is 4.98 Å². The minimum atomic E-state index is -4.17. The molecule has 4 N–H and O–H groups in total. The van der Waals surface area contributed by atoms with Crippen LogP contribution in [0.4, 0.5) is 23.7 Å². The van der Waals surface area contributed by atoms with Crippen molar-refractivity contribution in [2.75, 3.05) is 5.32 Å². The molecule has 3 aliphatic rings. The number of aliphatic hydroxyl groups excluding tert-OH is 1. The Hall–Kier alpha value is -3.35. The van der Waals surface area contributed by atoms with Gasteiger partial charge in [0.05, 0.1) is 15.2 Å². The van der Waals surface area contributed by atoms with Crippen LogP contribution in [0.15, 0.2) is 59.8 Å². The summed E-state index contributed by atoms with van der Waals surface area (Å²) in [6, 6.07) is 8.43. The lowest BCUT2D eigenvalue weighted by molar-refractivity contribution is -0.157. The van der Waals surface area contributed by atoms with Crippen LogP contribution in [0.25, 0.3) is 0 Å². The molecule has 0 radical (unpaired) electrons. The first kappa shape index (κ1) is 27.2.